The fourth-order valence-corrected chi connectivity index (χ4v) is 7.57. The maximum absolute atomic E-state index is 13.3. The third-order valence-corrected chi connectivity index (χ3v) is 11.1. The number of rotatable bonds is 7. The summed E-state index contributed by atoms with van der Waals surface area (Å²) >= 11 is 0. The van der Waals surface area contributed by atoms with Gasteiger partial charge in [-0.25, -0.2) is 0 Å². The Labute approximate surface area is 319 Å². The summed E-state index contributed by atoms with van der Waals surface area (Å²) in [5.74, 6) is 0.216. The lowest BCUT2D eigenvalue weighted by molar-refractivity contribution is -0.138. The lowest BCUT2D eigenvalue weighted by atomic mass is 9.13. The van der Waals surface area contributed by atoms with E-state index in [0.717, 1.165) is 53.4 Å². The van der Waals surface area contributed by atoms with E-state index in [1.807, 2.05) is 18.2 Å². The van der Waals surface area contributed by atoms with Crippen molar-refractivity contribution in [3.63, 3.8) is 0 Å². The van der Waals surface area contributed by atoms with Crippen LogP contribution in [0.25, 0.3) is 0 Å². The van der Waals surface area contributed by atoms with Crippen LogP contribution in [-0.4, -0.2) is 18.2 Å². The summed E-state index contributed by atoms with van der Waals surface area (Å²) in [6, 6.07) is 26.1. The van der Waals surface area contributed by atoms with Gasteiger partial charge < -0.3 is 0 Å². The van der Waals surface area contributed by atoms with Crippen LogP contribution in [0.5, 0.6) is 0 Å². The number of alkyl halides is 12. The number of nitriles is 2. The molecule has 1 atom stereocenters. The van der Waals surface area contributed by atoms with Gasteiger partial charge in [-0.05, 0) is 18.2 Å². The lowest BCUT2D eigenvalue weighted by Crippen LogP contribution is -2.74. The van der Waals surface area contributed by atoms with Crippen LogP contribution in [0.4, 0.5) is 52.7 Å². The molecule has 0 aliphatic rings. The molecule has 5 rings (SSSR count). The summed E-state index contributed by atoms with van der Waals surface area (Å²) in [6.45, 7) is 0. The minimum absolute atomic E-state index is 0.00510. The smallest absolute Gasteiger partial charge is 0.195 e. The number of benzene rings is 5. The van der Waals surface area contributed by atoms with Crippen LogP contribution in [0.3, 0.4) is 0 Å². The molecule has 0 N–H and O–H groups in total. The zero-order chi connectivity index (χ0) is 42.5. The Morgan fingerprint density at radius 3 is 1.00 bits per heavy atom. The van der Waals surface area contributed by atoms with Crippen molar-refractivity contribution >= 4 is 37.9 Å². The van der Waals surface area contributed by atoms with Crippen molar-refractivity contribution < 1.29 is 56.9 Å². The van der Waals surface area contributed by atoms with Gasteiger partial charge in [0.25, 0.3) is 0 Å². The van der Waals surface area contributed by atoms with Crippen LogP contribution in [0, 0.1) is 22.7 Å². The molecule has 0 spiro atoms. The van der Waals surface area contributed by atoms with Gasteiger partial charge in [0.15, 0.2) is 4.90 Å². The first kappa shape index (κ1) is 43.9. The molecule has 57 heavy (non-hydrogen) atoms. The Bertz CT molecular complexity index is 2050. The number of nitrogens with zero attached hydrogens (tertiary/aromatic N) is 2. The Kier molecular flexibility index (Phi) is 12.9. The summed E-state index contributed by atoms with van der Waals surface area (Å²) in [7, 11) is -2.20. The molecule has 0 aromatic heterocycles. The first-order valence-electron chi connectivity index (χ1n) is 16.3. The lowest BCUT2D eigenvalue weighted by Gasteiger charge is -2.44. The highest BCUT2D eigenvalue weighted by Gasteiger charge is 2.38. The molecule has 0 aliphatic carbocycles. The van der Waals surface area contributed by atoms with E-state index in [-0.39, 0.29) is 33.2 Å². The van der Waals surface area contributed by atoms with Gasteiger partial charge in [-0.15, -0.1) is 0 Å². The Morgan fingerprint density at radius 2 is 0.772 bits per heavy atom. The van der Waals surface area contributed by atoms with Gasteiger partial charge in [-0.2, -0.15) is 85.1 Å². The summed E-state index contributed by atoms with van der Waals surface area (Å²) < 4.78 is 172. The van der Waals surface area contributed by atoms with Crippen molar-refractivity contribution in [2.45, 2.75) is 29.6 Å². The molecule has 296 valence electrons. The molecule has 1 unspecified atom stereocenters. The van der Waals surface area contributed by atoms with Crippen molar-refractivity contribution in [1.82, 2.24) is 0 Å². The van der Waals surface area contributed by atoms with E-state index in [1.165, 1.54) is 6.08 Å². The molecule has 0 bridgehead atoms. The molecular weight excluding hydrogens is 795 g/mol. The Balaban J connectivity index is 0.000000377. The van der Waals surface area contributed by atoms with Gasteiger partial charge >= 0.3 is 24.7 Å². The minimum atomic E-state index is -4.77. The van der Waals surface area contributed by atoms with Gasteiger partial charge in [0.1, 0.15) is 45.8 Å². The fraction of sp³-hybridized carbons (Fsp3) is 0.150. The standard InChI is InChI=1S/C28H16BF12.C12H11N2OS/c30-25(31,32)17-1-9-21(10-2-17)29(22-11-3-18(4-12-22)26(33,34)35,23-13-5-19(6-14-23)27(36,37)38)24-15-7-20(8-16-24)28(39,40)41;1-16(15,8-7-11(9-13)10-14)12-5-3-2-4-6-12/h1-16H;2-7H,8H2,1H3/q-1;+1. The van der Waals surface area contributed by atoms with Crippen molar-refractivity contribution in [2.24, 2.45) is 0 Å². The van der Waals surface area contributed by atoms with Gasteiger partial charge in [0.2, 0.25) is 0 Å². The van der Waals surface area contributed by atoms with Crippen LogP contribution in [0.2, 0.25) is 0 Å². The maximum atomic E-state index is 13.3. The van der Waals surface area contributed by atoms with E-state index in [4.69, 9.17) is 10.5 Å². The van der Waals surface area contributed by atoms with Crippen molar-refractivity contribution in [2.75, 3.05) is 12.0 Å². The second kappa shape index (κ2) is 16.7. The summed E-state index contributed by atoms with van der Waals surface area (Å²) in [4.78, 5) is 0.737. The largest absolute Gasteiger partial charge is 0.416 e. The third-order valence-electron chi connectivity index (χ3n) is 9.04. The normalized spacial score (nSPS) is 13.2. The second-order valence-electron chi connectivity index (χ2n) is 12.7. The van der Waals surface area contributed by atoms with Crippen molar-refractivity contribution in [3.8, 4) is 12.1 Å². The predicted molar refractivity (Wildman–Crippen MR) is 193 cm³/mol. The maximum Gasteiger partial charge on any atom is 0.416 e. The van der Waals surface area contributed by atoms with E-state index in [2.05, 4.69) is 0 Å². The highest BCUT2D eigenvalue weighted by Crippen LogP contribution is 2.32. The van der Waals surface area contributed by atoms with E-state index in [1.54, 1.807) is 30.5 Å². The third kappa shape index (κ3) is 10.3. The number of halogens is 12. The minimum Gasteiger partial charge on any atom is -0.195 e. The average molecular weight is 823 g/mol. The highest BCUT2D eigenvalue weighted by molar-refractivity contribution is 8.02. The van der Waals surface area contributed by atoms with Crippen LogP contribution >= 0.6 is 0 Å². The zero-order valence-corrected chi connectivity index (χ0v) is 30.0. The molecule has 17 heteroatoms. The van der Waals surface area contributed by atoms with E-state index in [9.17, 15) is 56.9 Å². The first-order valence-corrected chi connectivity index (χ1v) is 18.5. The first-order chi connectivity index (χ1) is 26.4. The molecule has 5 aromatic carbocycles. The molecule has 0 saturated carbocycles. The summed E-state index contributed by atoms with van der Waals surface area (Å²) in [5, 5.41) is 17.1. The molecule has 0 fully saturated rings. The fourth-order valence-electron chi connectivity index (χ4n) is 6.16. The number of hydrogen-bond donors (Lipinski definition) is 0. The summed E-state index contributed by atoms with van der Waals surface area (Å²) in [6.07, 6.45) is -18.9. The van der Waals surface area contributed by atoms with Crippen LogP contribution in [-0.2, 0) is 38.8 Å². The monoisotopic (exact) mass is 822 g/mol. The molecule has 0 saturated heterocycles. The molecule has 0 radical (unpaired) electrons. The molecule has 3 nitrogen and oxygen atoms in total. The molecular formula is C40H27BF12N2OS. The second-order valence-corrected chi connectivity index (χ2v) is 15.5. The quantitative estimate of drug-likeness (QED) is 0.0712. The van der Waals surface area contributed by atoms with Gasteiger partial charge in [0.05, 0.1) is 22.3 Å². The Hall–Kier alpha value is -5.81. The highest BCUT2D eigenvalue weighted by atomic mass is 32.2. The van der Waals surface area contributed by atoms with Crippen LogP contribution in [0.1, 0.15) is 22.3 Å². The van der Waals surface area contributed by atoms with E-state index >= 15 is 0 Å². The van der Waals surface area contributed by atoms with Gasteiger partial charge in [0, 0.05) is 0 Å². The van der Waals surface area contributed by atoms with E-state index in [0.29, 0.717) is 48.5 Å². The predicted octanol–water partition coefficient (Wildman–Crippen LogP) is 9.29. The molecule has 0 heterocycles. The zero-order valence-electron chi connectivity index (χ0n) is 29.2. The average Bonchev–Trinajstić information content (AvgIpc) is 3.16. The molecule has 0 aliphatic heterocycles. The van der Waals surface area contributed by atoms with Gasteiger partial charge in [-0.1, -0.05) is 119 Å². The van der Waals surface area contributed by atoms with Crippen molar-refractivity contribution in [1.29, 1.82) is 10.5 Å². The topological polar surface area (TPSA) is 64.7 Å². The van der Waals surface area contributed by atoms with Crippen molar-refractivity contribution in [3.05, 3.63) is 161 Å². The van der Waals surface area contributed by atoms with E-state index < -0.39 is 63.0 Å². The number of hydrogen-bond acceptors (Lipinski definition) is 3. The Morgan fingerprint density at radius 1 is 0.509 bits per heavy atom. The molecule has 5 aromatic rings. The molecule has 0 amide bonds. The summed E-state index contributed by atoms with van der Waals surface area (Å²) in [5.41, 5.74) is -4.29. The van der Waals surface area contributed by atoms with Crippen LogP contribution in [0.15, 0.2) is 144 Å². The van der Waals surface area contributed by atoms with Gasteiger partial charge in [-0.3, -0.25) is 0 Å². The van der Waals surface area contributed by atoms with Crippen LogP contribution < -0.4 is 21.9 Å². The SMILES string of the molecule is C[S+](=O)(CC=C(C#N)C#N)c1ccccc1.FC(F)(F)c1ccc([B-](c2ccc(C(F)(F)F)cc2)(c2ccc(C(F)(F)F)cc2)c2ccc(C(F)(F)F)cc2)cc1. The number of allylic oxidation sites excluding steroid dienone is 1.